The van der Waals surface area contributed by atoms with Gasteiger partial charge in [-0.05, 0) is 12.1 Å². The molecule has 1 fully saturated rings. The number of amides is 1. The molecule has 2 rings (SSSR count). The molecule has 0 aliphatic heterocycles. The van der Waals surface area contributed by atoms with Crippen molar-refractivity contribution in [3.8, 4) is 11.5 Å². The third kappa shape index (κ3) is 3.18. The lowest BCUT2D eigenvalue weighted by Gasteiger charge is -2.15. The molecule has 1 amide bonds. The van der Waals surface area contributed by atoms with Crippen LogP contribution in [0, 0.1) is 0 Å². The molecule has 8 heteroatoms. The summed E-state index contributed by atoms with van der Waals surface area (Å²) in [6, 6.07) is 1.78. The van der Waals surface area contributed by atoms with Crippen LogP contribution in [0.5, 0.6) is 11.5 Å². The summed E-state index contributed by atoms with van der Waals surface area (Å²) in [7, 11) is 6.78. The summed E-state index contributed by atoms with van der Waals surface area (Å²) in [5.74, 6) is -1.18. The number of alkyl halides is 3. The quantitative estimate of drug-likeness (QED) is 0.819. The second-order valence-electron chi connectivity index (χ2n) is 4.31. The number of hydrogen-bond acceptors (Lipinski definition) is 3. The molecule has 0 bridgehead atoms. The van der Waals surface area contributed by atoms with Crippen LogP contribution in [0.2, 0.25) is 0 Å². The Hall–Kier alpha value is -1.86. The monoisotopic (exact) mass is 285 g/mol. The fraction of sp³-hybridized carbons (Fsp3) is 0.417. The summed E-state index contributed by atoms with van der Waals surface area (Å²) in [5.41, 5.74) is -0.134. The molecule has 1 aromatic carbocycles. The van der Waals surface area contributed by atoms with E-state index in [0.29, 0.717) is 0 Å². The number of hydrogen-bond donors (Lipinski definition) is 1. The molecule has 1 saturated carbocycles. The lowest BCUT2D eigenvalue weighted by Crippen LogP contribution is -2.29. The van der Waals surface area contributed by atoms with Crippen LogP contribution in [0.25, 0.3) is 0 Å². The zero-order valence-electron chi connectivity index (χ0n) is 10.5. The highest BCUT2D eigenvalue weighted by Crippen LogP contribution is 2.31. The van der Waals surface area contributed by atoms with E-state index >= 15 is 0 Å². The zero-order valence-corrected chi connectivity index (χ0v) is 10.5. The summed E-state index contributed by atoms with van der Waals surface area (Å²) >= 11 is 0. The van der Waals surface area contributed by atoms with Gasteiger partial charge < -0.3 is 14.8 Å². The van der Waals surface area contributed by atoms with Crippen LogP contribution >= 0.6 is 0 Å². The predicted octanol–water partition coefficient (Wildman–Crippen LogP) is 0.931. The smallest absolute Gasteiger partial charge is 0.387 e. The maximum Gasteiger partial charge on any atom is 0.387 e. The number of ether oxygens (including phenoxy) is 2. The molecule has 2 atom stereocenters. The number of carbonyl (C=O) groups is 1. The molecule has 2 radical (unpaired) electrons. The molecule has 1 aliphatic rings. The number of halogens is 3. The third-order valence-electron chi connectivity index (χ3n) is 2.78. The first-order chi connectivity index (χ1) is 9.42. The molecule has 0 saturated heterocycles. The lowest BCUT2D eigenvalue weighted by molar-refractivity contribution is -0.0502. The fourth-order valence-electron chi connectivity index (χ4n) is 1.74. The van der Waals surface area contributed by atoms with Gasteiger partial charge in [0.05, 0.1) is 13.2 Å². The fourth-order valence-corrected chi connectivity index (χ4v) is 1.74. The number of benzene rings is 1. The lowest BCUT2D eigenvalue weighted by atomic mass is 9.93. The van der Waals surface area contributed by atoms with E-state index in [-0.39, 0.29) is 23.2 Å². The van der Waals surface area contributed by atoms with Gasteiger partial charge in [0.1, 0.15) is 31.1 Å². The molecule has 1 aliphatic carbocycles. The minimum absolute atomic E-state index is 0.0193. The molecule has 1 aromatic rings. The Bertz CT molecular complexity index is 527. The van der Waals surface area contributed by atoms with E-state index in [1.165, 1.54) is 13.2 Å². The number of methoxy groups -OCH3 is 1. The third-order valence-corrected chi connectivity index (χ3v) is 2.78. The maximum absolute atomic E-state index is 12.8. The van der Waals surface area contributed by atoms with E-state index in [1.54, 1.807) is 0 Å². The van der Waals surface area contributed by atoms with Gasteiger partial charge in [-0.25, -0.2) is 4.39 Å². The standard InChI is InChI=1S/C12H11BF3NO3/c1-19-8-2-5(13)3-9(20-12(15)16)10(8)11(18)17-7-4-6(7)14/h2-3,6-7,12H,4H2,1H3,(H,17,18). The van der Waals surface area contributed by atoms with Crippen LogP contribution in [0.15, 0.2) is 12.1 Å². The minimum atomic E-state index is -3.12. The molecule has 0 aromatic heterocycles. The van der Waals surface area contributed by atoms with Crippen molar-refractivity contribution >= 4 is 19.2 Å². The highest BCUT2D eigenvalue weighted by atomic mass is 19.3. The highest BCUT2D eigenvalue weighted by Gasteiger charge is 2.39. The van der Waals surface area contributed by atoms with E-state index < -0.39 is 30.5 Å². The largest absolute Gasteiger partial charge is 0.496 e. The molecule has 1 N–H and O–H groups in total. The van der Waals surface area contributed by atoms with Crippen molar-refractivity contribution in [3.05, 3.63) is 17.7 Å². The Morgan fingerprint density at radius 3 is 2.55 bits per heavy atom. The van der Waals surface area contributed by atoms with Crippen molar-refractivity contribution in [2.75, 3.05) is 7.11 Å². The second-order valence-corrected chi connectivity index (χ2v) is 4.31. The van der Waals surface area contributed by atoms with Crippen LogP contribution in [-0.4, -0.2) is 39.7 Å². The molecule has 2 unspecified atom stereocenters. The first-order valence-electron chi connectivity index (χ1n) is 5.79. The van der Waals surface area contributed by atoms with Crippen molar-refractivity contribution in [2.45, 2.75) is 25.2 Å². The van der Waals surface area contributed by atoms with Gasteiger partial charge in [-0.2, -0.15) is 8.78 Å². The Balaban J connectivity index is 2.33. The molecule has 106 valence electrons. The Morgan fingerprint density at radius 2 is 2.05 bits per heavy atom. The Morgan fingerprint density at radius 1 is 1.45 bits per heavy atom. The van der Waals surface area contributed by atoms with E-state index in [4.69, 9.17) is 12.6 Å². The number of carbonyl (C=O) groups excluding carboxylic acids is 1. The van der Waals surface area contributed by atoms with Crippen LogP contribution in [0.3, 0.4) is 0 Å². The molecule has 20 heavy (non-hydrogen) atoms. The van der Waals surface area contributed by atoms with Gasteiger partial charge in [-0.15, -0.1) is 0 Å². The summed E-state index contributed by atoms with van der Waals surface area (Å²) in [6.07, 6.45) is -0.910. The number of rotatable bonds is 5. The molecule has 0 heterocycles. The SMILES string of the molecule is [B]c1cc(OC)c(C(=O)NC2CC2F)c(OC(F)F)c1. The van der Waals surface area contributed by atoms with Crippen molar-refractivity contribution in [1.82, 2.24) is 5.32 Å². The van der Waals surface area contributed by atoms with Crippen LogP contribution < -0.4 is 20.3 Å². The van der Waals surface area contributed by atoms with E-state index in [1.807, 2.05) is 0 Å². The normalized spacial score (nSPS) is 20.6. The zero-order chi connectivity index (χ0) is 14.9. The molecule has 4 nitrogen and oxygen atoms in total. The van der Waals surface area contributed by atoms with Crippen molar-refractivity contribution in [3.63, 3.8) is 0 Å². The topological polar surface area (TPSA) is 47.6 Å². The average molecular weight is 285 g/mol. The van der Waals surface area contributed by atoms with Crippen LogP contribution in [0.4, 0.5) is 13.2 Å². The van der Waals surface area contributed by atoms with E-state index in [0.717, 1.165) is 6.07 Å². The van der Waals surface area contributed by atoms with E-state index in [2.05, 4.69) is 10.1 Å². The number of nitrogens with one attached hydrogen (secondary N) is 1. The Labute approximate surface area is 114 Å². The summed E-state index contributed by atoms with van der Waals surface area (Å²) < 4.78 is 46.7. The molecular formula is C12H11BF3NO3. The Kier molecular flexibility index (Phi) is 4.10. The van der Waals surface area contributed by atoms with Gasteiger partial charge in [-0.3, -0.25) is 4.79 Å². The van der Waals surface area contributed by atoms with E-state index in [9.17, 15) is 18.0 Å². The van der Waals surface area contributed by atoms with Crippen LogP contribution in [-0.2, 0) is 0 Å². The average Bonchev–Trinajstić information content (AvgIpc) is 3.02. The first-order valence-corrected chi connectivity index (χ1v) is 5.79. The van der Waals surface area contributed by atoms with Crippen molar-refractivity contribution < 1.29 is 27.4 Å². The van der Waals surface area contributed by atoms with Crippen molar-refractivity contribution in [1.29, 1.82) is 0 Å². The summed E-state index contributed by atoms with van der Waals surface area (Å²) in [6.45, 7) is -3.12. The summed E-state index contributed by atoms with van der Waals surface area (Å²) in [4.78, 5) is 12.0. The summed E-state index contributed by atoms with van der Waals surface area (Å²) in [5, 5.41) is 2.37. The predicted molar refractivity (Wildman–Crippen MR) is 65.8 cm³/mol. The maximum atomic E-state index is 12.8. The van der Waals surface area contributed by atoms with Gasteiger partial charge >= 0.3 is 6.61 Å². The van der Waals surface area contributed by atoms with Crippen LogP contribution in [0.1, 0.15) is 16.8 Å². The van der Waals surface area contributed by atoms with Gasteiger partial charge in [0, 0.05) is 6.42 Å². The molecular weight excluding hydrogens is 274 g/mol. The van der Waals surface area contributed by atoms with Gasteiger partial charge in [0.2, 0.25) is 0 Å². The van der Waals surface area contributed by atoms with Gasteiger partial charge in [0.15, 0.2) is 0 Å². The van der Waals surface area contributed by atoms with Gasteiger partial charge in [0.25, 0.3) is 5.91 Å². The molecule has 0 spiro atoms. The minimum Gasteiger partial charge on any atom is -0.496 e. The first kappa shape index (κ1) is 14.6. The second kappa shape index (κ2) is 5.64. The van der Waals surface area contributed by atoms with Crippen molar-refractivity contribution in [2.24, 2.45) is 0 Å². The van der Waals surface area contributed by atoms with Gasteiger partial charge in [-0.1, -0.05) is 5.46 Å². The highest BCUT2D eigenvalue weighted by molar-refractivity contribution is 6.33.